The van der Waals surface area contributed by atoms with Crippen LogP contribution in [0.2, 0.25) is 5.02 Å². The average Bonchev–Trinajstić information content (AvgIpc) is 2.93. The fourth-order valence-electron chi connectivity index (χ4n) is 4.19. The van der Waals surface area contributed by atoms with E-state index >= 15 is 0 Å². The highest BCUT2D eigenvalue weighted by Gasteiger charge is 2.34. The van der Waals surface area contributed by atoms with Crippen molar-refractivity contribution in [3.05, 3.63) is 88.9 Å². The molecule has 8 nitrogen and oxygen atoms in total. The first-order valence-electron chi connectivity index (χ1n) is 12.7. The molecule has 0 spiro atoms. The molecule has 10 heteroatoms. The maximum absolute atomic E-state index is 14.0. The highest BCUT2D eigenvalue weighted by molar-refractivity contribution is 7.92. The molecule has 0 saturated heterocycles. The van der Waals surface area contributed by atoms with E-state index in [0.717, 1.165) is 15.4 Å². The van der Waals surface area contributed by atoms with Crippen molar-refractivity contribution >= 4 is 39.1 Å². The lowest BCUT2D eigenvalue weighted by Crippen LogP contribution is -2.52. The average molecular weight is 572 g/mol. The molecule has 3 rings (SSSR count). The number of methoxy groups -OCH3 is 1. The van der Waals surface area contributed by atoms with E-state index in [-0.39, 0.29) is 33.8 Å². The van der Waals surface area contributed by atoms with Crippen LogP contribution in [0.3, 0.4) is 0 Å². The molecule has 39 heavy (non-hydrogen) atoms. The van der Waals surface area contributed by atoms with Crippen molar-refractivity contribution in [3.63, 3.8) is 0 Å². The molecular formula is C29H34ClN3O5S. The van der Waals surface area contributed by atoms with Gasteiger partial charge in [-0.1, -0.05) is 66.6 Å². The van der Waals surface area contributed by atoms with Crippen molar-refractivity contribution in [2.75, 3.05) is 24.5 Å². The molecule has 0 aromatic heterocycles. The number of amides is 2. The Hall–Kier alpha value is -3.56. The topological polar surface area (TPSA) is 96.0 Å². The number of halogens is 1. The Morgan fingerprint density at radius 3 is 2.26 bits per heavy atom. The molecule has 0 saturated carbocycles. The monoisotopic (exact) mass is 571 g/mol. The lowest BCUT2D eigenvalue weighted by atomic mass is 10.1. The molecule has 3 aromatic rings. The van der Waals surface area contributed by atoms with Crippen LogP contribution in [0.15, 0.2) is 77.7 Å². The van der Waals surface area contributed by atoms with Crippen molar-refractivity contribution in [1.29, 1.82) is 0 Å². The zero-order valence-corrected chi connectivity index (χ0v) is 24.1. The second-order valence-electron chi connectivity index (χ2n) is 8.97. The molecule has 2 amide bonds. The minimum Gasteiger partial charge on any atom is -0.495 e. The Morgan fingerprint density at radius 1 is 1.00 bits per heavy atom. The number of benzene rings is 3. The highest BCUT2D eigenvalue weighted by atomic mass is 35.5. The summed E-state index contributed by atoms with van der Waals surface area (Å²) in [4.78, 5) is 28.5. The molecule has 0 aliphatic rings. The van der Waals surface area contributed by atoms with Crippen LogP contribution in [0.25, 0.3) is 0 Å². The third kappa shape index (κ3) is 7.30. The molecule has 208 valence electrons. The van der Waals surface area contributed by atoms with Crippen LogP contribution in [-0.4, -0.2) is 51.4 Å². The summed E-state index contributed by atoms with van der Waals surface area (Å²) in [5.74, 6) is -0.624. The first-order chi connectivity index (χ1) is 18.6. The Bertz CT molecular complexity index is 1380. The van der Waals surface area contributed by atoms with E-state index in [1.807, 2.05) is 38.1 Å². The van der Waals surface area contributed by atoms with Gasteiger partial charge in [0.2, 0.25) is 11.8 Å². The largest absolute Gasteiger partial charge is 0.495 e. The summed E-state index contributed by atoms with van der Waals surface area (Å²) in [7, 11) is -2.82. The third-order valence-electron chi connectivity index (χ3n) is 6.23. The SMILES string of the molecule is CCNC(=O)[C@H](CC)N(Cc1ccc(C)cc1)C(=O)CN(c1cc(Cl)ccc1OC)S(=O)(=O)c1ccccc1. The molecule has 0 aliphatic heterocycles. The van der Waals surface area contributed by atoms with Crippen molar-refractivity contribution < 1.29 is 22.7 Å². The molecule has 1 atom stereocenters. The molecule has 0 unspecified atom stereocenters. The van der Waals surface area contributed by atoms with Gasteiger partial charge in [-0.3, -0.25) is 13.9 Å². The lowest BCUT2D eigenvalue weighted by Gasteiger charge is -2.33. The van der Waals surface area contributed by atoms with Gasteiger partial charge in [0.05, 0.1) is 17.7 Å². The van der Waals surface area contributed by atoms with Crippen molar-refractivity contribution in [3.8, 4) is 5.75 Å². The minimum absolute atomic E-state index is 0.000630. The van der Waals surface area contributed by atoms with Crippen LogP contribution in [0.1, 0.15) is 31.4 Å². The van der Waals surface area contributed by atoms with E-state index in [1.54, 1.807) is 37.3 Å². The van der Waals surface area contributed by atoms with Gasteiger partial charge in [-0.2, -0.15) is 0 Å². The first-order valence-corrected chi connectivity index (χ1v) is 14.5. The van der Waals surface area contributed by atoms with Crippen LogP contribution >= 0.6 is 11.6 Å². The number of nitrogens with zero attached hydrogens (tertiary/aromatic N) is 2. The fourth-order valence-corrected chi connectivity index (χ4v) is 5.80. The summed E-state index contributed by atoms with van der Waals surface area (Å²) in [6.45, 7) is 5.53. The normalized spacial score (nSPS) is 11.9. The van der Waals surface area contributed by atoms with Crippen LogP contribution in [0.5, 0.6) is 5.75 Å². The van der Waals surface area contributed by atoms with Gasteiger partial charge in [-0.15, -0.1) is 0 Å². The lowest BCUT2D eigenvalue weighted by molar-refractivity contribution is -0.140. The van der Waals surface area contributed by atoms with E-state index in [0.29, 0.717) is 13.0 Å². The second kappa shape index (κ2) is 13.5. The molecule has 0 fully saturated rings. The Kier molecular flexibility index (Phi) is 10.4. The predicted octanol–water partition coefficient (Wildman–Crippen LogP) is 4.80. The molecule has 0 heterocycles. The molecule has 1 N–H and O–H groups in total. The highest BCUT2D eigenvalue weighted by Crippen LogP contribution is 2.35. The van der Waals surface area contributed by atoms with Gasteiger partial charge in [0.25, 0.3) is 10.0 Å². The van der Waals surface area contributed by atoms with Crippen molar-refractivity contribution in [2.24, 2.45) is 0 Å². The second-order valence-corrected chi connectivity index (χ2v) is 11.3. The van der Waals surface area contributed by atoms with E-state index in [4.69, 9.17) is 16.3 Å². The third-order valence-corrected chi connectivity index (χ3v) is 8.24. The molecule has 0 aliphatic carbocycles. The fraction of sp³-hybridized carbons (Fsp3) is 0.310. The van der Waals surface area contributed by atoms with E-state index in [2.05, 4.69) is 5.32 Å². The van der Waals surface area contributed by atoms with Gasteiger partial charge >= 0.3 is 0 Å². The Balaban J connectivity index is 2.11. The summed E-state index contributed by atoms with van der Waals surface area (Å²) in [6.07, 6.45) is 0.343. The number of sulfonamides is 1. The Labute approximate surface area is 235 Å². The zero-order chi connectivity index (χ0) is 28.6. The Morgan fingerprint density at radius 2 is 1.67 bits per heavy atom. The summed E-state index contributed by atoms with van der Waals surface area (Å²) in [5.41, 5.74) is 1.98. The number of rotatable bonds is 12. The smallest absolute Gasteiger partial charge is 0.264 e. The molecule has 3 aromatic carbocycles. The molecule has 0 radical (unpaired) electrons. The zero-order valence-electron chi connectivity index (χ0n) is 22.6. The molecular weight excluding hydrogens is 538 g/mol. The summed E-state index contributed by atoms with van der Waals surface area (Å²) >= 11 is 6.26. The number of likely N-dealkylation sites (N-methyl/N-ethyl adjacent to an activating group) is 1. The van der Waals surface area contributed by atoms with Crippen molar-refractivity contribution in [2.45, 2.75) is 44.7 Å². The maximum Gasteiger partial charge on any atom is 0.264 e. The van der Waals surface area contributed by atoms with E-state index < -0.39 is 28.5 Å². The number of hydrogen-bond donors (Lipinski definition) is 1. The van der Waals surface area contributed by atoms with Crippen LogP contribution < -0.4 is 14.4 Å². The summed E-state index contributed by atoms with van der Waals surface area (Å²) < 4.78 is 34.3. The standard InChI is InChI=1S/C29H34ClN3O5S/c1-5-25(29(35)31-6-2)32(19-22-14-12-21(3)13-15-22)28(34)20-33(26-18-23(30)16-17-27(26)38-4)39(36,37)24-10-8-7-9-11-24/h7-18,25H,5-6,19-20H2,1-4H3,(H,31,35)/t25-/m0/s1. The summed E-state index contributed by atoms with van der Waals surface area (Å²) in [5, 5.41) is 3.07. The van der Waals surface area contributed by atoms with Crippen LogP contribution in [-0.2, 0) is 26.2 Å². The van der Waals surface area contributed by atoms with Crippen LogP contribution in [0.4, 0.5) is 5.69 Å². The number of carbonyl (C=O) groups is 2. The number of aryl methyl sites for hydroxylation is 1. The minimum atomic E-state index is -4.23. The number of anilines is 1. The number of hydrogen-bond acceptors (Lipinski definition) is 5. The summed E-state index contributed by atoms with van der Waals surface area (Å²) in [6, 6.07) is 19.2. The first kappa shape index (κ1) is 30.0. The van der Waals surface area contributed by atoms with Crippen LogP contribution in [0, 0.1) is 6.92 Å². The van der Waals surface area contributed by atoms with Gasteiger partial charge in [0.15, 0.2) is 0 Å². The van der Waals surface area contributed by atoms with E-state index in [1.165, 1.54) is 30.2 Å². The van der Waals surface area contributed by atoms with Gasteiger partial charge in [-0.25, -0.2) is 8.42 Å². The number of ether oxygens (including phenoxy) is 1. The number of nitrogens with one attached hydrogen (secondary N) is 1. The maximum atomic E-state index is 14.0. The van der Waals surface area contributed by atoms with Crippen molar-refractivity contribution in [1.82, 2.24) is 10.2 Å². The van der Waals surface area contributed by atoms with Gasteiger partial charge < -0.3 is 15.0 Å². The van der Waals surface area contributed by atoms with Gasteiger partial charge in [0, 0.05) is 18.1 Å². The molecule has 0 bridgehead atoms. The predicted molar refractivity (Wildman–Crippen MR) is 153 cm³/mol. The van der Waals surface area contributed by atoms with Gasteiger partial charge in [0.1, 0.15) is 18.3 Å². The quantitative estimate of drug-likeness (QED) is 0.337. The van der Waals surface area contributed by atoms with E-state index in [9.17, 15) is 18.0 Å². The van der Waals surface area contributed by atoms with Gasteiger partial charge in [-0.05, 0) is 56.2 Å². The number of carbonyl (C=O) groups excluding carboxylic acids is 2.